The fourth-order valence-electron chi connectivity index (χ4n) is 4.04. The van der Waals surface area contributed by atoms with Crippen LogP contribution in [-0.2, 0) is 6.54 Å². The van der Waals surface area contributed by atoms with Crippen molar-refractivity contribution in [2.45, 2.75) is 6.54 Å². The van der Waals surface area contributed by atoms with Gasteiger partial charge < -0.3 is 28.6 Å². The Morgan fingerprint density at radius 3 is 2.31 bits per heavy atom. The van der Waals surface area contributed by atoms with Crippen molar-refractivity contribution < 1.29 is 23.7 Å². The third-order valence-electron chi connectivity index (χ3n) is 5.99. The molecule has 1 aliphatic rings. The number of ether oxygens (including phenoxy) is 3. The van der Waals surface area contributed by atoms with E-state index in [9.17, 15) is 9.90 Å². The monoisotopic (exact) mass is 440 g/mol. The second kappa shape index (κ2) is 9.10. The van der Waals surface area contributed by atoms with Crippen molar-refractivity contribution in [3.63, 3.8) is 0 Å². The zero-order valence-corrected chi connectivity index (χ0v) is 18.8. The van der Waals surface area contributed by atoms with Crippen LogP contribution in [0.2, 0.25) is 0 Å². The van der Waals surface area contributed by atoms with Gasteiger partial charge in [-0.05, 0) is 30.8 Å². The number of piperazine rings is 1. The van der Waals surface area contributed by atoms with Gasteiger partial charge in [0.15, 0.2) is 23.0 Å². The Morgan fingerprint density at radius 1 is 0.969 bits per heavy atom. The molecule has 32 heavy (non-hydrogen) atoms. The first-order chi connectivity index (χ1) is 15.5. The van der Waals surface area contributed by atoms with Crippen LogP contribution in [0.3, 0.4) is 0 Å². The zero-order valence-electron chi connectivity index (χ0n) is 18.8. The summed E-state index contributed by atoms with van der Waals surface area (Å²) in [5.74, 6) is 1.34. The average molecular weight is 440 g/mol. The largest absolute Gasteiger partial charge is 0.504 e. The zero-order chi connectivity index (χ0) is 22.8. The summed E-state index contributed by atoms with van der Waals surface area (Å²) in [4.78, 5) is 18.0. The maximum absolute atomic E-state index is 13.5. The number of methoxy groups -OCH3 is 3. The first-order valence-electron chi connectivity index (χ1n) is 10.4. The molecule has 170 valence electrons. The molecule has 0 atom stereocenters. The lowest BCUT2D eigenvalue weighted by Crippen LogP contribution is -2.43. The number of hydrogen-bond acceptors (Lipinski definition) is 8. The van der Waals surface area contributed by atoms with E-state index < -0.39 is 0 Å². The van der Waals surface area contributed by atoms with E-state index in [4.69, 9.17) is 18.6 Å². The number of fused-ring (bicyclic) bond motifs is 1. The van der Waals surface area contributed by atoms with E-state index in [1.54, 1.807) is 32.4 Å². The molecule has 0 saturated carbocycles. The van der Waals surface area contributed by atoms with Crippen LogP contribution < -0.4 is 19.6 Å². The van der Waals surface area contributed by atoms with E-state index in [1.165, 1.54) is 19.4 Å². The van der Waals surface area contributed by atoms with Crippen molar-refractivity contribution in [3.8, 4) is 34.1 Å². The number of hydrogen-bond donors (Lipinski definition) is 1. The van der Waals surface area contributed by atoms with E-state index in [-0.39, 0.29) is 16.9 Å². The van der Waals surface area contributed by atoms with Gasteiger partial charge >= 0.3 is 0 Å². The Labute approximate surface area is 186 Å². The van der Waals surface area contributed by atoms with Crippen LogP contribution >= 0.6 is 0 Å². The average Bonchev–Trinajstić information content (AvgIpc) is 2.82. The topological polar surface area (TPSA) is 84.6 Å². The highest BCUT2D eigenvalue weighted by Crippen LogP contribution is 2.38. The lowest BCUT2D eigenvalue weighted by Gasteiger charge is -2.32. The minimum Gasteiger partial charge on any atom is -0.504 e. The number of phenolic OH excluding ortho intramolecular Hbond substituents is 1. The SMILES string of the molecule is COc1ccc(-c2coc3c(CN4CCN(C)CC4)c(O)c(OC)cc3c2=O)cc1OC. The van der Waals surface area contributed by atoms with Gasteiger partial charge in [-0.2, -0.15) is 0 Å². The first-order valence-corrected chi connectivity index (χ1v) is 10.4. The van der Waals surface area contributed by atoms with Crippen molar-refractivity contribution in [2.24, 2.45) is 0 Å². The van der Waals surface area contributed by atoms with E-state index in [2.05, 4.69) is 16.8 Å². The third-order valence-corrected chi connectivity index (χ3v) is 5.99. The van der Waals surface area contributed by atoms with Crippen LogP contribution in [0.5, 0.6) is 23.0 Å². The molecule has 8 heteroatoms. The molecule has 0 spiro atoms. The summed E-state index contributed by atoms with van der Waals surface area (Å²) in [6.45, 7) is 4.07. The number of benzene rings is 2. The molecule has 1 aromatic heterocycles. The minimum absolute atomic E-state index is 0.000875. The molecular formula is C24H28N2O6. The van der Waals surface area contributed by atoms with Crippen LogP contribution in [0, 0.1) is 0 Å². The quantitative estimate of drug-likeness (QED) is 0.626. The maximum Gasteiger partial charge on any atom is 0.200 e. The summed E-state index contributed by atoms with van der Waals surface area (Å²) in [5, 5.41) is 11.2. The van der Waals surface area contributed by atoms with Crippen molar-refractivity contribution >= 4 is 11.0 Å². The molecule has 1 saturated heterocycles. The molecule has 2 heterocycles. The highest BCUT2D eigenvalue weighted by molar-refractivity contribution is 5.88. The number of likely N-dealkylation sites (N-methyl/N-ethyl adjacent to an activating group) is 1. The Morgan fingerprint density at radius 2 is 1.66 bits per heavy atom. The molecule has 1 N–H and O–H groups in total. The van der Waals surface area contributed by atoms with E-state index in [0.29, 0.717) is 45.7 Å². The van der Waals surface area contributed by atoms with Crippen LogP contribution in [-0.4, -0.2) is 69.5 Å². The molecule has 0 unspecified atom stereocenters. The molecule has 1 aliphatic heterocycles. The van der Waals surface area contributed by atoms with Crippen LogP contribution in [0.15, 0.2) is 39.7 Å². The second-order valence-corrected chi connectivity index (χ2v) is 7.91. The molecule has 4 rings (SSSR count). The Balaban J connectivity index is 1.82. The van der Waals surface area contributed by atoms with Crippen LogP contribution in [0.1, 0.15) is 5.56 Å². The molecule has 1 fully saturated rings. The molecule has 3 aromatic rings. The Kier molecular flexibility index (Phi) is 6.25. The van der Waals surface area contributed by atoms with Gasteiger partial charge in [-0.25, -0.2) is 0 Å². The van der Waals surface area contributed by atoms with Gasteiger partial charge in [-0.3, -0.25) is 9.69 Å². The van der Waals surface area contributed by atoms with E-state index >= 15 is 0 Å². The van der Waals surface area contributed by atoms with Crippen LogP contribution in [0.25, 0.3) is 22.1 Å². The maximum atomic E-state index is 13.5. The van der Waals surface area contributed by atoms with Gasteiger partial charge in [0.05, 0.1) is 37.8 Å². The number of phenols is 1. The predicted octanol–water partition coefficient (Wildman–Crippen LogP) is 2.94. The molecule has 0 radical (unpaired) electrons. The minimum atomic E-state index is -0.212. The predicted molar refractivity (Wildman–Crippen MR) is 122 cm³/mol. The number of nitrogens with zero attached hydrogens (tertiary/aromatic N) is 2. The van der Waals surface area contributed by atoms with E-state index in [1.807, 2.05) is 0 Å². The Bertz CT molecular complexity index is 1180. The molecule has 8 nitrogen and oxygen atoms in total. The summed E-state index contributed by atoms with van der Waals surface area (Å²) in [6, 6.07) is 6.80. The van der Waals surface area contributed by atoms with Crippen molar-refractivity contribution in [2.75, 3.05) is 54.6 Å². The standard InChI is InChI=1S/C24H28N2O6/c1-25-7-9-26(10-8-25)13-17-23(28)21(31-4)12-16-22(27)18(14-32-24(16)17)15-5-6-19(29-2)20(11-15)30-3/h5-6,11-12,14,28H,7-10,13H2,1-4H3. The fraction of sp³-hybridized carbons (Fsp3) is 0.375. The van der Waals surface area contributed by atoms with E-state index in [0.717, 1.165) is 26.2 Å². The molecule has 0 amide bonds. The van der Waals surface area contributed by atoms with Gasteiger partial charge in [0.25, 0.3) is 0 Å². The lowest BCUT2D eigenvalue weighted by atomic mass is 10.0. The summed E-state index contributed by atoms with van der Waals surface area (Å²) in [6.07, 6.45) is 1.44. The summed E-state index contributed by atoms with van der Waals surface area (Å²) >= 11 is 0. The highest BCUT2D eigenvalue weighted by Gasteiger charge is 2.23. The van der Waals surface area contributed by atoms with Crippen LogP contribution in [0.4, 0.5) is 0 Å². The van der Waals surface area contributed by atoms with Gasteiger partial charge in [0.2, 0.25) is 5.43 Å². The smallest absolute Gasteiger partial charge is 0.200 e. The lowest BCUT2D eigenvalue weighted by molar-refractivity contribution is 0.147. The van der Waals surface area contributed by atoms with Gasteiger partial charge in [-0.15, -0.1) is 0 Å². The third kappa shape index (κ3) is 3.99. The molecule has 2 aromatic carbocycles. The van der Waals surface area contributed by atoms with Gasteiger partial charge in [0, 0.05) is 32.7 Å². The van der Waals surface area contributed by atoms with Crippen molar-refractivity contribution in [3.05, 3.63) is 46.3 Å². The highest BCUT2D eigenvalue weighted by atomic mass is 16.5. The normalized spacial score (nSPS) is 15.1. The number of rotatable bonds is 6. The summed E-state index contributed by atoms with van der Waals surface area (Å²) in [5.41, 5.74) is 1.75. The molecular weight excluding hydrogens is 412 g/mol. The summed E-state index contributed by atoms with van der Waals surface area (Å²) < 4.78 is 22.0. The molecule has 0 aliphatic carbocycles. The fourth-order valence-corrected chi connectivity index (χ4v) is 4.04. The van der Waals surface area contributed by atoms with Gasteiger partial charge in [-0.1, -0.05) is 6.07 Å². The second-order valence-electron chi connectivity index (χ2n) is 7.91. The molecule has 0 bridgehead atoms. The summed E-state index contributed by atoms with van der Waals surface area (Å²) in [7, 11) is 6.66. The first kappa shape index (κ1) is 22.0. The van der Waals surface area contributed by atoms with Gasteiger partial charge in [0.1, 0.15) is 11.8 Å². The van der Waals surface area contributed by atoms with Crippen molar-refractivity contribution in [1.29, 1.82) is 0 Å². The number of aromatic hydroxyl groups is 1. The van der Waals surface area contributed by atoms with Crippen molar-refractivity contribution in [1.82, 2.24) is 9.80 Å². The Hall–Kier alpha value is -3.23.